The maximum absolute atomic E-state index is 5.84. The highest BCUT2D eigenvalue weighted by Gasteiger charge is 2.58. The second-order valence-electron chi connectivity index (χ2n) is 6.87. The Kier molecular flexibility index (Phi) is 2.96. The van der Waals surface area contributed by atoms with Gasteiger partial charge in [0.15, 0.2) is 0 Å². The first-order chi connectivity index (χ1) is 8.09. The van der Waals surface area contributed by atoms with E-state index >= 15 is 0 Å². The predicted octanol–water partition coefficient (Wildman–Crippen LogP) is 1.34. The molecule has 98 valence electrons. The molecule has 3 fully saturated rings. The van der Waals surface area contributed by atoms with E-state index in [9.17, 15) is 0 Å². The molecule has 0 bridgehead atoms. The number of likely N-dealkylation sites (tertiary alicyclic amines) is 1. The summed E-state index contributed by atoms with van der Waals surface area (Å²) in [4.78, 5) is 2.44. The molecule has 3 nitrogen and oxygen atoms in total. The number of rotatable bonds is 3. The first-order valence-corrected chi connectivity index (χ1v) is 7.12. The lowest BCUT2D eigenvalue weighted by Crippen LogP contribution is -2.66. The predicted molar refractivity (Wildman–Crippen MR) is 69.0 cm³/mol. The summed E-state index contributed by atoms with van der Waals surface area (Å²) in [6, 6.07) is 0.681. The Balaban J connectivity index is 1.52. The second kappa shape index (κ2) is 4.22. The minimum absolute atomic E-state index is 0.339. The summed E-state index contributed by atoms with van der Waals surface area (Å²) in [7, 11) is 2.23. The molecule has 17 heavy (non-hydrogen) atoms. The summed E-state index contributed by atoms with van der Waals surface area (Å²) in [5.74, 6) is 1.64. The maximum Gasteiger partial charge on any atom is 0.0685 e. The van der Waals surface area contributed by atoms with Gasteiger partial charge in [-0.15, -0.1) is 0 Å². The zero-order valence-electron chi connectivity index (χ0n) is 11.4. The van der Waals surface area contributed by atoms with E-state index in [1.165, 1.54) is 32.5 Å². The van der Waals surface area contributed by atoms with E-state index in [1.54, 1.807) is 0 Å². The number of nitrogens with one attached hydrogen (secondary N) is 1. The molecular formula is C14H26N2O. The first kappa shape index (κ1) is 11.9. The van der Waals surface area contributed by atoms with E-state index in [0.29, 0.717) is 17.6 Å². The minimum atomic E-state index is 0.339. The Morgan fingerprint density at radius 1 is 1.35 bits per heavy atom. The quantitative estimate of drug-likeness (QED) is 0.803. The first-order valence-electron chi connectivity index (χ1n) is 7.12. The van der Waals surface area contributed by atoms with Crippen LogP contribution in [-0.4, -0.2) is 50.3 Å². The Morgan fingerprint density at radius 2 is 2.18 bits per heavy atom. The molecule has 1 saturated carbocycles. The van der Waals surface area contributed by atoms with Crippen molar-refractivity contribution in [2.24, 2.45) is 17.3 Å². The van der Waals surface area contributed by atoms with E-state index in [1.807, 2.05) is 0 Å². The molecule has 4 atom stereocenters. The van der Waals surface area contributed by atoms with Crippen molar-refractivity contribution in [3.8, 4) is 0 Å². The highest BCUT2D eigenvalue weighted by molar-refractivity contribution is 5.11. The van der Waals surface area contributed by atoms with Gasteiger partial charge in [-0.3, -0.25) is 0 Å². The molecule has 2 aliphatic heterocycles. The summed E-state index contributed by atoms with van der Waals surface area (Å²) in [6.07, 6.45) is 3.14. The van der Waals surface area contributed by atoms with Crippen LogP contribution in [-0.2, 0) is 4.74 Å². The van der Waals surface area contributed by atoms with Gasteiger partial charge in [-0.05, 0) is 38.9 Å². The lowest BCUT2D eigenvalue weighted by molar-refractivity contribution is -0.113. The zero-order chi connectivity index (χ0) is 12.0. The van der Waals surface area contributed by atoms with Crippen molar-refractivity contribution < 1.29 is 4.74 Å². The fourth-order valence-electron chi connectivity index (χ4n) is 4.23. The van der Waals surface area contributed by atoms with Crippen LogP contribution in [0.1, 0.15) is 26.7 Å². The number of fused-ring (bicyclic) bond motifs is 1. The summed E-state index contributed by atoms with van der Waals surface area (Å²) < 4.78 is 5.84. The highest BCUT2D eigenvalue weighted by atomic mass is 16.5. The van der Waals surface area contributed by atoms with Crippen molar-refractivity contribution in [3.63, 3.8) is 0 Å². The lowest BCUT2D eigenvalue weighted by Gasteiger charge is -2.55. The third kappa shape index (κ3) is 1.92. The van der Waals surface area contributed by atoms with Crippen LogP contribution in [0.25, 0.3) is 0 Å². The van der Waals surface area contributed by atoms with Crippen LogP contribution in [0, 0.1) is 17.3 Å². The van der Waals surface area contributed by atoms with Gasteiger partial charge in [-0.1, -0.05) is 13.8 Å². The van der Waals surface area contributed by atoms with Crippen LogP contribution < -0.4 is 5.32 Å². The SMILES string of the molecule is CN1CCC(CNC2C3CCOC3C2(C)C)C1. The smallest absolute Gasteiger partial charge is 0.0685 e. The van der Waals surface area contributed by atoms with Crippen molar-refractivity contribution in [1.82, 2.24) is 10.2 Å². The standard InChI is InChI=1S/C14H26N2O/c1-14(2)12(11-5-7-17-13(11)14)15-8-10-4-6-16(3)9-10/h10-13,15H,4-9H2,1-3H3. The van der Waals surface area contributed by atoms with Gasteiger partial charge in [0.1, 0.15) is 0 Å². The van der Waals surface area contributed by atoms with Crippen molar-refractivity contribution in [3.05, 3.63) is 0 Å². The Morgan fingerprint density at radius 3 is 2.88 bits per heavy atom. The summed E-state index contributed by atoms with van der Waals surface area (Å²) >= 11 is 0. The molecule has 4 unspecified atom stereocenters. The maximum atomic E-state index is 5.84. The largest absolute Gasteiger partial charge is 0.377 e. The number of hydrogen-bond donors (Lipinski definition) is 1. The van der Waals surface area contributed by atoms with Gasteiger partial charge in [0, 0.05) is 30.5 Å². The monoisotopic (exact) mass is 238 g/mol. The molecule has 0 amide bonds. The van der Waals surface area contributed by atoms with Gasteiger partial charge in [-0.2, -0.15) is 0 Å². The summed E-state index contributed by atoms with van der Waals surface area (Å²) in [6.45, 7) is 9.43. The topological polar surface area (TPSA) is 24.5 Å². The van der Waals surface area contributed by atoms with Crippen LogP contribution in [0.4, 0.5) is 0 Å². The van der Waals surface area contributed by atoms with Gasteiger partial charge >= 0.3 is 0 Å². The van der Waals surface area contributed by atoms with E-state index in [-0.39, 0.29) is 0 Å². The Hall–Kier alpha value is -0.120. The van der Waals surface area contributed by atoms with Crippen LogP contribution in [0.3, 0.4) is 0 Å². The molecule has 3 aliphatic rings. The van der Waals surface area contributed by atoms with E-state index in [2.05, 4.69) is 31.1 Å². The molecular weight excluding hydrogens is 212 g/mol. The fourth-order valence-corrected chi connectivity index (χ4v) is 4.23. The molecule has 0 radical (unpaired) electrons. The van der Waals surface area contributed by atoms with Crippen LogP contribution in [0.2, 0.25) is 0 Å². The van der Waals surface area contributed by atoms with Crippen LogP contribution >= 0.6 is 0 Å². The third-order valence-corrected chi connectivity index (χ3v) is 5.22. The van der Waals surface area contributed by atoms with Crippen molar-refractivity contribution in [2.45, 2.75) is 38.8 Å². The van der Waals surface area contributed by atoms with Gasteiger partial charge in [0.25, 0.3) is 0 Å². The number of nitrogens with zero attached hydrogens (tertiary/aromatic N) is 1. The summed E-state index contributed by atoms with van der Waals surface area (Å²) in [5, 5.41) is 3.84. The fraction of sp³-hybridized carbons (Fsp3) is 1.00. The molecule has 3 heteroatoms. The summed E-state index contributed by atoms with van der Waals surface area (Å²) in [5.41, 5.74) is 0.339. The lowest BCUT2D eigenvalue weighted by atomic mass is 9.57. The Labute approximate surface area is 105 Å². The molecule has 0 aromatic carbocycles. The molecule has 2 heterocycles. The molecule has 0 spiro atoms. The van der Waals surface area contributed by atoms with Gasteiger partial charge in [-0.25, -0.2) is 0 Å². The second-order valence-corrected chi connectivity index (χ2v) is 6.87. The van der Waals surface area contributed by atoms with E-state index in [0.717, 1.165) is 18.4 Å². The zero-order valence-corrected chi connectivity index (χ0v) is 11.4. The molecule has 3 rings (SSSR count). The average Bonchev–Trinajstić information content (AvgIpc) is 2.86. The van der Waals surface area contributed by atoms with E-state index in [4.69, 9.17) is 4.74 Å². The normalized spacial score (nSPS) is 44.6. The van der Waals surface area contributed by atoms with Gasteiger partial charge < -0.3 is 15.0 Å². The van der Waals surface area contributed by atoms with Crippen LogP contribution in [0.5, 0.6) is 0 Å². The third-order valence-electron chi connectivity index (χ3n) is 5.22. The minimum Gasteiger partial charge on any atom is -0.377 e. The Bertz CT molecular complexity index is 292. The molecule has 0 aromatic heterocycles. The van der Waals surface area contributed by atoms with Crippen LogP contribution in [0.15, 0.2) is 0 Å². The molecule has 1 aliphatic carbocycles. The van der Waals surface area contributed by atoms with Gasteiger partial charge in [0.05, 0.1) is 6.10 Å². The number of hydrogen-bond acceptors (Lipinski definition) is 3. The number of ether oxygens (including phenoxy) is 1. The van der Waals surface area contributed by atoms with Crippen molar-refractivity contribution in [2.75, 3.05) is 33.3 Å². The molecule has 2 saturated heterocycles. The van der Waals surface area contributed by atoms with E-state index < -0.39 is 0 Å². The highest BCUT2D eigenvalue weighted by Crippen LogP contribution is 2.52. The molecule has 1 N–H and O–H groups in total. The van der Waals surface area contributed by atoms with Gasteiger partial charge in [0.2, 0.25) is 0 Å². The average molecular weight is 238 g/mol. The van der Waals surface area contributed by atoms with Crippen molar-refractivity contribution >= 4 is 0 Å². The molecule has 0 aromatic rings. The van der Waals surface area contributed by atoms with Crippen molar-refractivity contribution in [1.29, 1.82) is 0 Å².